The number of anilines is 1. The third-order valence-corrected chi connectivity index (χ3v) is 12.1. The van der Waals surface area contributed by atoms with E-state index in [1.165, 1.54) is 4.31 Å². The summed E-state index contributed by atoms with van der Waals surface area (Å²) in [4.78, 5) is 22.3. The van der Waals surface area contributed by atoms with E-state index in [1.807, 2.05) is 67.1 Å². The molecule has 0 aliphatic carbocycles. The molecule has 0 amide bonds. The molecule has 0 radical (unpaired) electrons. The normalized spacial score (nSPS) is 15.1. The summed E-state index contributed by atoms with van der Waals surface area (Å²) in [6, 6.07) is 21.9. The summed E-state index contributed by atoms with van der Waals surface area (Å²) >= 11 is 12.7. The first kappa shape index (κ1) is 41.6. The van der Waals surface area contributed by atoms with Crippen LogP contribution in [-0.4, -0.2) is 100 Å². The zero-order chi connectivity index (χ0) is 40.5. The molecule has 4 aromatic rings. The van der Waals surface area contributed by atoms with Gasteiger partial charge in [-0.3, -0.25) is 9.98 Å². The second kappa shape index (κ2) is 19.0. The van der Waals surface area contributed by atoms with Crippen LogP contribution in [0.1, 0.15) is 43.4 Å². The number of nitrogens with one attached hydrogen (secondary N) is 1. The first-order valence-corrected chi connectivity index (χ1v) is 21.1. The quantitative estimate of drug-likeness (QED) is 0.161. The number of ether oxygens (including phenoxy) is 2. The van der Waals surface area contributed by atoms with Gasteiger partial charge in [-0.05, 0) is 86.6 Å². The Kier molecular flexibility index (Phi) is 13.9. The summed E-state index contributed by atoms with van der Waals surface area (Å²) in [7, 11) is 0.0379. The van der Waals surface area contributed by atoms with E-state index in [4.69, 9.17) is 38.4 Å². The maximum Gasteiger partial charge on any atom is 0.218 e. The van der Waals surface area contributed by atoms with Crippen LogP contribution in [-0.2, 0) is 15.8 Å². The molecule has 0 aromatic heterocycles. The Morgan fingerprint density at radius 3 is 1.81 bits per heavy atom. The van der Waals surface area contributed by atoms with Gasteiger partial charge in [-0.2, -0.15) is 0 Å². The fourth-order valence-electron chi connectivity index (χ4n) is 6.06. The van der Waals surface area contributed by atoms with Crippen LogP contribution in [0.25, 0.3) is 0 Å². The van der Waals surface area contributed by atoms with Gasteiger partial charge < -0.3 is 30.3 Å². The molecular weight excluding hydrogens is 785 g/mol. The topological polar surface area (TPSA) is 150 Å². The zero-order valence-electron chi connectivity index (χ0n) is 32.5. The van der Waals surface area contributed by atoms with Crippen molar-refractivity contribution in [3.63, 3.8) is 0 Å². The number of halogens is 2. The molecule has 300 valence electrons. The molecule has 0 saturated heterocycles. The fourth-order valence-corrected chi connectivity index (χ4v) is 7.79. The highest BCUT2D eigenvalue weighted by molar-refractivity contribution is 7.88. The molecule has 8 rings (SSSR count). The minimum Gasteiger partial charge on any atom is -0.456 e. The van der Waals surface area contributed by atoms with E-state index >= 15 is 0 Å². The van der Waals surface area contributed by atoms with Crippen LogP contribution in [0.15, 0.2) is 92.8 Å². The average molecular weight is 833 g/mol. The molecule has 0 atom stereocenters. The van der Waals surface area contributed by atoms with Gasteiger partial charge in [0.15, 0.2) is 0 Å². The molecule has 4 aromatic carbocycles. The van der Waals surface area contributed by atoms with E-state index in [-0.39, 0.29) is 10.8 Å². The molecule has 0 saturated carbocycles. The van der Waals surface area contributed by atoms with Crippen molar-refractivity contribution in [1.29, 1.82) is 0 Å². The number of nitrogen functional groups attached to an aromatic ring is 1. The van der Waals surface area contributed by atoms with Gasteiger partial charge in [0, 0.05) is 50.9 Å². The van der Waals surface area contributed by atoms with Crippen molar-refractivity contribution in [3.8, 4) is 23.0 Å². The lowest BCUT2D eigenvalue weighted by Crippen LogP contribution is -2.36. The monoisotopic (exact) mass is 831 g/mol. The van der Waals surface area contributed by atoms with Crippen LogP contribution in [0.2, 0.25) is 10.0 Å². The summed E-state index contributed by atoms with van der Waals surface area (Å²) in [6.45, 7) is 8.78. The van der Waals surface area contributed by atoms with Gasteiger partial charge in [-0.15, -0.1) is 0 Å². The molecule has 0 fully saturated rings. The summed E-state index contributed by atoms with van der Waals surface area (Å²) in [5.74, 6) is 3.88. The molecule has 0 bridgehead atoms. The van der Waals surface area contributed by atoms with Crippen molar-refractivity contribution in [3.05, 3.63) is 99.5 Å². The SMILES string of the molecule is CCN(C)S(=O)(=O)Cc1cccc(Oc2ccc3c(c2)C2=NCCCN2C=N3)c1Cl.CCNC.Nc1cccc(Oc2ccc3c(c2)C2=NCCCN2C=N3)c1Cl. The van der Waals surface area contributed by atoms with E-state index < -0.39 is 10.0 Å². The third kappa shape index (κ3) is 9.94. The number of benzene rings is 4. The van der Waals surface area contributed by atoms with Crippen molar-refractivity contribution in [2.45, 2.75) is 32.4 Å². The van der Waals surface area contributed by atoms with Gasteiger partial charge in [-0.1, -0.05) is 55.2 Å². The Bertz CT molecular complexity index is 2320. The molecule has 3 N–H and O–H groups in total. The van der Waals surface area contributed by atoms with Crippen molar-refractivity contribution in [2.75, 3.05) is 59.1 Å². The van der Waals surface area contributed by atoms with Gasteiger partial charge >= 0.3 is 0 Å². The van der Waals surface area contributed by atoms with Crippen LogP contribution in [0.3, 0.4) is 0 Å². The van der Waals surface area contributed by atoms with Gasteiger partial charge in [-0.25, -0.2) is 22.7 Å². The lowest BCUT2D eigenvalue weighted by molar-refractivity contribution is 0.480. The largest absolute Gasteiger partial charge is 0.456 e. The number of nitrogens with two attached hydrogens (primary N) is 1. The Labute approximate surface area is 344 Å². The molecule has 4 heterocycles. The van der Waals surface area contributed by atoms with Gasteiger partial charge in [0.2, 0.25) is 10.0 Å². The predicted molar refractivity (Wildman–Crippen MR) is 233 cm³/mol. The van der Waals surface area contributed by atoms with Gasteiger partial charge in [0.05, 0.1) is 40.5 Å². The number of fused-ring (bicyclic) bond motifs is 6. The Hall–Kier alpha value is -4.99. The van der Waals surface area contributed by atoms with Crippen molar-refractivity contribution >= 4 is 74.6 Å². The number of rotatable bonds is 9. The molecular formula is C41H47Cl2N9O4S. The molecule has 0 unspecified atom stereocenters. The fraction of sp³-hybridized carbons (Fsp3) is 0.317. The van der Waals surface area contributed by atoms with Crippen molar-refractivity contribution in [1.82, 2.24) is 19.4 Å². The molecule has 4 aliphatic heterocycles. The van der Waals surface area contributed by atoms with Crippen LogP contribution < -0.4 is 20.5 Å². The van der Waals surface area contributed by atoms with E-state index in [1.54, 1.807) is 44.3 Å². The smallest absolute Gasteiger partial charge is 0.218 e. The van der Waals surface area contributed by atoms with E-state index in [2.05, 4.69) is 37.1 Å². The lowest BCUT2D eigenvalue weighted by Gasteiger charge is -2.29. The Morgan fingerprint density at radius 1 is 0.789 bits per heavy atom. The first-order valence-electron chi connectivity index (χ1n) is 18.8. The van der Waals surface area contributed by atoms with Crippen LogP contribution >= 0.6 is 23.2 Å². The number of amidine groups is 2. The van der Waals surface area contributed by atoms with Crippen molar-refractivity contribution in [2.24, 2.45) is 20.0 Å². The molecule has 0 spiro atoms. The Balaban J connectivity index is 0.000000181. The minimum atomic E-state index is -3.44. The Morgan fingerprint density at radius 2 is 1.30 bits per heavy atom. The average Bonchev–Trinajstić information content (AvgIpc) is 3.23. The second-order valence-electron chi connectivity index (χ2n) is 13.3. The third-order valence-electron chi connectivity index (χ3n) is 9.38. The van der Waals surface area contributed by atoms with E-state index in [9.17, 15) is 8.42 Å². The number of sulfonamides is 1. The van der Waals surface area contributed by atoms with Crippen LogP contribution in [0.5, 0.6) is 23.0 Å². The maximum atomic E-state index is 12.4. The second-order valence-corrected chi connectivity index (χ2v) is 16.2. The highest BCUT2D eigenvalue weighted by atomic mass is 35.5. The molecule has 16 heteroatoms. The first-order chi connectivity index (χ1) is 27.5. The highest BCUT2D eigenvalue weighted by Gasteiger charge is 2.25. The van der Waals surface area contributed by atoms with Gasteiger partial charge in [0.1, 0.15) is 39.7 Å². The minimum absolute atomic E-state index is 0.182. The summed E-state index contributed by atoms with van der Waals surface area (Å²) in [5.41, 5.74) is 10.4. The van der Waals surface area contributed by atoms with Gasteiger partial charge in [0.25, 0.3) is 0 Å². The summed E-state index contributed by atoms with van der Waals surface area (Å²) in [6.07, 6.45) is 5.70. The predicted octanol–water partition coefficient (Wildman–Crippen LogP) is 8.11. The maximum absolute atomic E-state index is 12.4. The highest BCUT2D eigenvalue weighted by Crippen LogP contribution is 2.38. The lowest BCUT2D eigenvalue weighted by atomic mass is 10.1. The number of hydrogen-bond acceptors (Lipinski definition) is 12. The van der Waals surface area contributed by atoms with E-state index in [0.717, 1.165) is 79.7 Å². The number of nitrogens with zero attached hydrogens (tertiary/aromatic N) is 7. The summed E-state index contributed by atoms with van der Waals surface area (Å²) in [5, 5.41) is 3.64. The van der Waals surface area contributed by atoms with Crippen LogP contribution in [0, 0.1) is 0 Å². The number of aliphatic imine (C=N–C) groups is 4. The zero-order valence-corrected chi connectivity index (χ0v) is 34.8. The molecule has 13 nitrogen and oxygen atoms in total. The molecule has 57 heavy (non-hydrogen) atoms. The molecule has 4 aliphatic rings. The standard InChI is InChI=1S/C21H23ClN4O3S.C17H15ClN4O.C3H9N/c1-3-25(2)30(27,28)13-15-6-4-7-19(20(15)22)29-16-8-9-18-17(12-16)21-23-10-5-11-26(21)14-24-18;18-16-13(19)3-1-4-15(16)23-11-5-6-14-12(9-11)17-20-7-2-8-22(17)10-21-14;1-3-4-2/h4,6-9,12,14H,3,5,10-11,13H2,1-2H3;1,3-6,9-10H,2,7-8,19H2;4H,3H2,1-2H3. The summed E-state index contributed by atoms with van der Waals surface area (Å²) < 4.78 is 38.1. The van der Waals surface area contributed by atoms with Crippen molar-refractivity contribution < 1.29 is 17.9 Å². The number of hydrogen-bond donors (Lipinski definition) is 2. The van der Waals surface area contributed by atoms with E-state index in [0.29, 0.717) is 45.8 Å². The van der Waals surface area contributed by atoms with Crippen LogP contribution in [0.4, 0.5) is 17.1 Å².